The summed E-state index contributed by atoms with van der Waals surface area (Å²) in [4.78, 5) is 8.10. The molecule has 4 heteroatoms. The van der Waals surface area contributed by atoms with E-state index in [1.165, 1.54) is 12.8 Å². The molecule has 0 atom stereocenters. The van der Waals surface area contributed by atoms with E-state index in [9.17, 15) is 0 Å². The Morgan fingerprint density at radius 3 is 2.50 bits per heavy atom. The van der Waals surface area contributed by atoms with Gasteiger partial charge in [-0.3, -0.25) is 0 Å². The molecule has 0 spiro atoms. The van der Waals surface area contributed by atoms with Crippen LogP contribution in [0.2, 0.25) is 5.02 Å². The Bertz CT molecular complexity index is 279. The molecule has 0 amide bonds. The lowest BCUT2D eigenvalue weighted by Gasteiger charge is -2.09. The quantitative estimate of drug-likeness (QED) is 0.763. The first-order chi connectivity index (χ1) is 5.68. The summed E-state index contributed by atoms with van der Waals surface area (Å²) in [6.07, 6.45) is 5.59. The van der Waals surface area contributed by atoms with Gasteiger partial charge in [0.25, 0.3) is 0 Å². The minimum atomic E-state index is 0.230. The van der Waals surface area contributed by atoms with E-state index in [0.29, 0.717) is 11.0 Å². The predicted octanol–water partition coefficient (Wildman–Crippen LogP) is 2.09. The highest BCUT2D eigenvalue weighted by Crippen LogP contribution is 2.37. The average Bonchev–Trinajstić information content (AvgIpc) is 2.74. The Labute approximate surface area is 76.2 Å². The van der Waals surface area contributed by atoms with Crippen LogP contribution in [-0.4, -0.2) is 15.5 Å². The molecule has 1 aromatic rings. The summed E-state index contributed by atoms with van der Waals surface area (Å²) < 4.78 is 0. The van der Waals surface area contributed by atoms with Crippen LogP contribution in [0.5, 0.6) is 0 Å². The van der Waals surface area contributed by atoms with Crippen molar-refractivity contribution in [3.05, 3.63) is 17.4 Å². The van der Waals surface area contributed by atoms with Crippen molar-refractivity contribution < 1.29 is 0 Å². The molecule has 1 saturated carbocycles. The normalized spacial score (nSPS) is 18.8. The van der Waals surface area contributed by atoms with Crippen molar-refractivity contribution in [3.63, 3.8) is 0 Å². The zero-order chi connectivity index (χ0) is 8.60. The maximum Gasteiger partial charge on any atom is 0.223 e. The summed E-state index contributed by atoms with van der Waals surface area (Å²) in [6.45, 7) is 2.16. The van der Waals surface area contributed by atoms with Crippen LogP contribution >= 0.6 is 11.6 Å². The maximum atomic E-state index is 5.65. The molecule has 0 bridgehead atoms. The highest BCUT2D eigenvalue weighted by molar-refractivity contribution is 6.30. The zero-order valence-corrected chi connectivity index (χ0v) is 7.60. The first-order valence-corrected chi connectivity index (χ1v) is 4.32. The summed E-state index contributed by atoms with van der Waals surface area (Å²) >= 11 is 5.65. The van der Waals surface area contributed by atoms with E-state index in [-0.39, 0.29) is 5.54 Å². The van der Waals surface area contributed by atoms with Crippen LogP contribution in [-0.2, 0) is 0 Å². The van der Waals surface area contributed by atoms with Gasteiger partial charge >= 0.3 is 0 Å². The molecule has 0 aromatic carbocycles. The van der Waals surface area contributed by atoms with E-state index in [2.05, 4.69) is 22.2 Å². The molecule has 64 valence electrons. The standard InChI is InChI=1S/C8H10ClN3/c1-8(2-3-8)12-7-10-4-6(9)5-11-7/h4-5H,2-3H2,1H3,(H,10,11,12). The van der Waals surface area contributed by atoms with Crippen LogP contribution in [0.3, 0.4) is 0 Å². The molecular formula is C8H10ClN3. The third-order valence-electron chi connectivity index (χ3n) is 2.03. The molecule has 3 nitrogen and oxygen atoms in total. The van der Waals surface area contributed by atoms with Gasteiger partial charge < -0.3 is 5.32 Å². The summed E-state index contributed by atoms with van der Waals surface area (Å²) in [5, 5.41) is 3.81. The van der Waals surface area contributed by atoms with Gasteiger partial charge in [-0.05, 0) is 19.8 Å². The third-order valence-corrected chi connectivity index (χ3v) is 2.23. The second kappa shape index (κ2) is 2.59. The van der Waals surface area contributed by atoms with Crippen molar-refractivity contribution in [2.24, 2.45) is 0 Å². The molecule has 1 aliphatic carbocycles. The van der Waals surface area contributed by atoms with E-state index < -0.39 is 0 Å². The van der Waals surface area contributed by atoms with Crippen LogP contribution in [0.1, 0.15) is 19.8 Å². The van der Waals surface area contributed by atoms with E-state index in [1.807, 2.05) is 0 Å². The predicted molar refractivity (Wildman–Crippen MR) is 48.3 cm³/mol. The molecule has 1 fully saturated rings. The van der Waals surface area contributed by atoms with E-state index in [0.717, 1.165) is 0 Å². The van der Waals surface area contributed by atoms with Crippen LogP contribution in [0.25, 0.3) is 0 Å². The molecule has 0 radical (unpaired) electrons. The number of halogens is 1. The average molecular weight is 184 g/mol. The van der Waals surface area contributed by atoms with Gasteiger partial charge in [-0.2, -0.15) is 0 Å². The smallest absolute Gasteiger partial charge is 0.223 e. The van der Waals surface area contributed by atoms with Gasteiger partial charge in [-0.15, -0.1) is 0 Å². The number of anilines is 1. The van der Waals surface area contributed by atoms with Crippen LogP contribution < -0.4 is 5.32 Å². The number of nitrogens with zero attached hydrogens (tertiary/aromatic N) is 2. The summed E-state index contributed by atoms with van der Waals surface area (Å²) in [5.41, 5.74) is 0.230. The number of rotatable bonds is 2. The maximum absolute atomic E-state index is 5.65. The monoisotopic (exact) mass is 183 g/mol. The first-order valence-electron chi connectivity index (χ1n) is 3.94. The van der Waals surface area contributed by atoms with E-state index in [4.69, 9.17) is 11.6 Å². The fourth-order valence-electron chi connectivity index (χ4n) is 0.959. The molecule has 0 aliphatic heterocycles. The number of hydrogen-bond acceptors (Lipinski definition) is 3. The lowest BCUT2D eigenvalue weighted by molar-refractivity contribution is 0.810. The molecule has 0 unspecified atom stereocenters. The Kier molecular flexibility index (Phi) is 1.68. The fourth-order valence-corrected chi connectivity index (χ4v) is 1.06. The van der Waals surface area contributed by atoms with Gasteiger partial charge in [0.15, 0.2) is 0 Å². The largest absolute Gasteiger partial charge is 0.349 e. The van der Waals surface area contributed by atoms with Gasteiger partial charge in [-0.1, -0.05) is 11.6 Å². The number of nitrogens with one attached hydrogen (secondary N) is 1. The van der Waals surface area contributed by atoms with E-state index in [1.54, 1.807) is 12.4 Å². The molecule has 2 rings (SSSR count). The molecule has 1 aliphatic rings. The lowest BCUT2D eigenvalue weighted by atomic mass is 10.3. The Balaban J connectivity index is 2.08. The van der Waals surface area contributed by atoms with E-state index >= 15 is 0 Å². The molecular weight excluding hydrogens is 174 g/mol. The molecule has 1 N–H and O–H groups in total. The van der Waals surface area contributed by atoms with Gasteiger partial charge in [0.1, 0.15) is 0 Å². The van der Waals surface area contributed by atoms with Gasteiger partial charge in [0.05, 0.1) is 17.4 Å². The summed E-state index contributed by atoms with van der Waals surface area (Å²) in [7, 11) is 0. The lowest BCUT2D eigenvalue weighted by Crippen LogP contribution is -2.17. The van der Waals surface area contributed by atoms with Crippen molar-refractivity contribution in [1.29, 1.82) is 0 Å². The highest BCUT2D eigenvalue weighted by atomic mass is 35.5. The topological polar surface area (TPSA) is 37.8 Å². The number of aromatic nitrogens is 2. The zero-order valence-electron chi connectivity index (χ0n) is 6.84. The van der Waals surface area contributed by atoms with Gasteiger partial charge in [-0.25, -0.2) is 9.97 Å². The van der Waals surface area contributed by atoms with Crippen molar-refractivity contribution in [3.8, 4) is 0 Å². The Morgan fingerprint density at radius 1 is 1.42 bits per heavy atom. The third kappa shape index (κ3) is 1.67. The minimum absolute atomic E-state index is 0.230. The van der Waals surface area contributed by atoms with Gasteiger partial charge in [0, 0.05) is 5.54 Å². The van der Waals surface area contributed by atoms with Crippen molar-refractivity contribution in [2.75, 3.05) is 5.32 Å². The molecule has 0 saturated heterocycles. The van der Waals surface area contributed by atoms with Crippen LogP contribution in [0, 0.1) is 0 Å². The van der Waals surface area contributed by atoms with Crippen molar-refractivity contribution >= 4 is 17.5 Å². The van der Waals surface area contributed by atoms with Crippen LogP contribution in [0.15, 0.2) is 12.4 Å². The molecule has 1 heterocycles. The SMILES string of the molecule is CC1(Nc2ncc(Cl)cn2)CC1. The highest BCUT2D eigenvalue weighted by Gasteiger charge is 2.37. The van der Waals surface area contributed by atoms with Crippen molar-refractivity contribution in [2.45, 2.75) is 25.3 Å². The second-order valence-corrected chi connectivity index (χ2v) is 3.85. The van der Waals surface area contributed by atoms with Crippen LogP contribution in [0.4, 0.5) is 5.95 Å². The second-order valence-electron chi connectivity index (χ2n) is 3.41. The molecule has 1 aromatic heterocycles. The van der Waals surface area contributed by atoms with Crippen molar-refractivity contribution in [1.82, 2.24) is 9.97 Å². The number of hydrogen-bond donors (Lipinski definition) is 1. The van der Waals surface area contributed by atoms with Gasteiger partial charge in [0.2, 0.25) is 5.95 Å². The Hall–Kier alpha value is -0.830. The summed E-state index contributed by atoms with van der Waals surface area (Å²) in [6, 6.07) is 0. The first kappa shape index (κ1) is 7.80. The molecule has 12 heavy (non-hydrogen) atoms. The fraction of sp³-hybridized carbons (Fsp3) is 0.500. The summed E-state index contributed by atoms with van der Waals surface area (Å²) in [5.74, 6) is 0.666. The Morgan fingerprint density at radius 2 is 2.00 bits per heavy atom. The minimum Gasteiger partial charge on any atom is -0.349 e.